The van der Waals surface area contributed by atoms with Gasteiger partial charge in [0.15, 0.2) is 23.3 Å². The Labute approximate surface area is 450 Å². The Balaban J connectivity index is 0.876. The third kappa shape index (κ3) is 8.53. The predicted octanol–water partition coefficient (Wildman–Crippen LogP) is 18.1. The Hall–Kier alpha value is -9.63. The Kier molecular flexibility index (Phi) is 11.2. The third-order valence-corrected chi connectivity index (χ3v) is 17.2. The van der Waals surface area contributed by atoms with Gasteiger partial charge in [0.1, 0.15) is 11.6 Å². The number of nitrogens with zero attached hydrogens (tertiary/aromatic N) is 5. The number of halogens is 2. The molecule has 0 amide bonds. The van der Waals surface area contributed by atoms with Crippen molar-refractivity contribution in [1.82, 2.24) is 24.9 Å². The molecule has 2 aromatic heterocycles. The van der Waals surface area contributed by atoms with E-state index in [1.165, 1.54) is 51.0 Å². The molecule has 370 valence electrons. The standard InChI is InChI=1S/C70H47F2N5Si/c1-78(2,3)56-18-9-15-51(37-56)69-75-68(76-70(77-69)53-25-22-44-27-30-58-57-19-5-4-10-42(57)26-31-59(58)63(44)40-53)50-14-6-11-46(34-50)47-23-20-43-28-33-61-60(62(43)38-47)32-29-45-21-24-52(39-64(45)61)67-73-65(48-12-7-16-54(71)35-48)41-66(74-67)49-13-8-17-55(72)36-49/h4-41H,1-3H3. The monoisotopic (exact) mass is 1020 g/mol. The largest absolute Gasteiger partial charge is 0.228 e. The summed E-state index contributed by atoms with van der Waals surface area (Å²) in [4.78, 5) is 25.7. The summed E-state index contributed by atoms with van der Waals surface area (Å²) >= 11 is 0. The van der Waals surface area contributed by atoms with E-state index in [9.17, 15) is 8.78 Å². The molecule has 0 saturated carbocycles. The maximum atomic E-state index is 14.6. The first kappa shape index (κ1) is 46.9. The van der Waals surface area contributed by atoms with Gasteiger partial charge in [0.25, 0.3) is 0 Å². The molecule has 14 aromatic rings. The molecule has 0 fully saturated rings. The first-order chi connectivity index (χ1) is 38.0. The molecular formula is C70H47F2N5Si. The van der Waals surface area contributed by atoms with Crippen LogP contribution in [-0.2, 0) is 0 Å². The normalized spacial score (nSPS) is 11.9. The second-order valence-corrected chi connectivity index (χ2v) is 26.3. The van der Waals surface area contributed by atoms with Gasteiger partial charge in [-0.1, -0.05) is 201 Å². The summed E-state index contributed by atoms with van der Waals surface area (Å²) in [6, 6.07) is 77.2. The highest BCUT2D eigenvalue weighted by molar-refractivity contribution is 6.88. The lowest BCUT2D eigenvalue weighted by Gasteiger charge is -2.17. The van der Waals surface area contributed by atoms with Crippen LogP contribution in [0.25, 0.3) is 144 Å². The number of benzene rings is 12. The Bertz CT molecular complexity index is 4710. The molecule has 8 heteroatoms. The molecule has 0 atom stereocenters. The van der Waals surface area contributed by atoms with Gasteiger partial charge in [-0.25, -0.2) is 33.7 Å². The molecule has 0 saturated heterocycles. The highest BCUT2D eigenvalue weighted by Gasteiger charge is 2.20. The molecule has 5 nitrogen and oxygen atoms in total. The van der Waals surface area contributed by atoms with Crippen LogP contribution in [-0.4, -0.2) is 33.0 Å². The summed E-state index contributed by atoms with van der Waals surface area (Å²) in [5, 5.41) is 15.0. The molecule has 0 aliphatic carbocycles. The lowest BCUT2D eigenvalue weighted by molar-refractivity contribution is 0.628. The van der Waals surface area contributed by atoms with Gasteiger partial charge in [-0.15, -0.1) is 0 Å². The van der Waals surface area contributed by atoms with Crippen molar-refractivity contribution in [2.75, 3.05) is 0 Å². The van der Waals surface area contributed by atoms with Crippen LogP contribution in [0.4, 0.5) is 8.78 Å². The van der Waals surface area contributed by atoms with Crippen LogP contribution in [0.2, 0.25) is 19.6 Å². The summed E-state index contributed by atoms with van der Waals surface area (Å²) in [7, 11) is -1.67. The summed E-state index contributed by atoms with van der Waals surface area (Å²) in [5.41, 5.74) is 7.93. The van der Waals surface area contributed by atoms with Gasteiger partial charge >= 0.3 is 0 Å². The zero-order valence-electron chi connectivity index (χ0n) is 42.9. The van der Waals surface area contributed by atoms with Crippen LogP contribution in [0.3, 0.4) is 0 Å². The highest BCUT2D eigenvalue weighted by atomic mass is 28.3. The van der Waals surface area contributed by atoms with Crippen LogP contribution >= 0.6 is 0 Å². The topological polar surface area (TPSA) is 64.5 Å². The summed E-state index contributed by atoms with van der Waals surface area (Å²) in [6.07, 6.45) is 0. The molecule has 0 bridgehead atoms. The number of rotatable bonds is 8. The molecule has 0 aliphatic heterocycles. The minimum absolute atomic E-state index is 0.370. The fraction of sp³-hybridized carbons (Fsp3) is 0.0429. The van der Waals surface area contributed by atoms with E-state index in [1.54, 1.807) is 18.2 Å². The number of hydrogen-bond acceptors (Lipinski definition) is 5. The van der Waals surface area contributed by atoms with Gasteiger partial charge in [-0.2, -0.15) is 0 Å². The molecule has 78 heavy (non-hydrogen) atoms. The van der Waals surface area contributed by atoms with Crippen molar-refractivity contribution in [3.8, 4) is 79.2 Å². The van der Waals surface area contributed by atoms with Crippen LogP contribution in [0.15, 0.2) is 231 Å². The van der Waals surface area contributed by atoms with Crippen molar-refractivity contribution in [1.29, 1.82) is 0 Å². The van der Waals surface area contributed by atoms with Gasteiger partial charge in [0, 0.05) is 33.4 Å². The lowest BCUT2D eigenvalue weighted by atomic mass is 9.93. The minimum atomic E-state index is -1.67. The van der Waals surface area contributed by atoms with Crippen molar-refractivity contribution in [3.63, 3.8) is 0 Å². The minimum Gasteiger partial charge on any atom is -0.228 e. The second-order valence-electron chi connectivity index (χ2n) is 21.2. The van der Waals surface area contributed by atoms with Crippen LogP contribution in [0.1, 0.15) is 0 Å². The van der Waals surface area contributed by atoms with E-state index in [1.807, 2.05) is 18.2 Å². The van der Waals surface area contributed by atoms with Crippen molar-refractivity contribution >= 4 is 77.9 Å². The fourth-order valence-corrected chi connectivity index (χ4v) is 12.2. The fourth-order valence-electron chi connectivity index (χ4n) is 11.0. The van der Waals surface area contributed by atoms with Gasteiger partial charge < -0.3 is 0 Å². The van der Waals surface area contributed by atoms with Crippen LogP contribution < -0.4 is 5.19 Å². The predicted molar refractivity (Wildman–Crippen MR) is 321 cm³/mol. The molecular weight excluding hydrogens is 977 g/mol. The molecule has 14 rings (SSSR count). The van der Waals surface area contributed by atoms with E-state index in [4.69, 9.17) is 24.9 Å². The molecule has 0 aliphatic rings. The first-order valence-electron chi connectivity index (χ1n) is 26.2. The number of hydrogen-bond donors (Lipinski definition) is 0. The van der Waals surface area contributed by atoms with Crippen molar-refractivity contribution in [2.24, 2.45) is 0 Å². The van der Waals surface area contributed by atoms with E-state index in [0.717, 1.165) is 76.5 Å². The highest BCUT2D eigenvalue weighted by Crippen LogP contribution is 2.39. The summed E-state index contributed by atoms with van der Waals surface area (Å²) < 4.78 is 29.1. The van der Waals surface area contributed by atoms with E-state index in [0.29, 0.717) is 45.8 Å². The van der Waals surface area contributed by atoms with E-state index >= 15 is 0 Å². The SMILES string of the molecule is C[Si](C)(C)c1cccc(-c2nc(-c3cccc(-c4ccc5ccc6c7cc(-c8nc(-c9cccc(F)c9)cc(-c9cccc(F)c9)n8)ccc7ccc6c5c4)c3)nc(-c3ccc4ccc5c6ccccc6ccc5c4c3)n2)c1. The van der Waals surface area contributed by atoms with Gasteiger partial charge in [-0.3, -0.25) is 0 Å². The van der Waals surface area contributed by atoms with Crippen molar-refractivity contribution < 1.29 is 8.78 Å². The average molecular weight is 1020 g/mol. The molecule has 12 aromatic carbocycles. The quantitative estimate of drug-likeness (QED) is 0.112. The lowest BCUT2D eigenvalue weighted by Crippen LogP contribution is -2.37. The number of fused-ring (bicyclic) bond motifs is 10. The Morgan fingerprint density at radius 3 is 1.15 bits per heavy atom. The molecule has 0 unspecified atom stereocenters. The second kappa shape index (κ2) is 18.6. The summed E-state index contributed by atoms with van der Waals surface area (Å²) in [5.74, 6) is 1.56. The van der Waals surface area contributed by atoms with Gasteiger partial charge in [0.2, 0.25) is 0 Å². The van der Waals surface area contributed by atoms with Crippen LogP contribution in [0.5, 0.6) is 0 Å². The Morgan fingerprint density at radius 1 is 0.256 bits per heavy atom. The van der Waals surface area contributed by atoms with Gasteiger partial charge in [0.05, 0.1) is 19.5 Å². The number of aromatic nitrogens is 5. The van der Waals surface area contributed by atoms with Crippen molar-refractivity contribution in [2.45, 2.75) is 19.6 Å². The summed E-state index contributed by atoms with van der Waals surface area (Å²) in [6.45, 7) is 7.08. The van der Waals surface area contributed by atoms with Gasteiger partial charge in [-0.05, 0) is 130 Å². The smallest absolute Gasteiger partial charge is 0.164 e. The molecule has 0 spiro atoms. The average Bonchev–Trinajstić information content (AvgIpc) is 3.60. The zero-order valence-corrected chi connectivity index (χ0v) is 43.9. The molecule has 0 radical (unpaired) electrons. The van der Waals surface area contributed by atoms with Crippen molar-refractivity contribution in [3.05, 3.63) is 242 Å². The van der Waals surface area contributed by atoms with E-state index in [2.05, 4.69) is 189 Å². The maximum Gasteiger partial charge on any atom is 0.164 e. The zero-order chi connectivity index (χ0) is 52.6. The molecule has 2 heterocycles. The maximum absolute atomic E-state index is 14.6. The van der Waals surface area contributed by atoms with Crippen LogP contribution in [0, 0.1) is 11.6 Å². The third-order valence-electron chi connectivity index (χ3n) is 15.1. The first-order valence-corrected chi connectivity index (χ1v) is 29.7. The molecule has 0 N–H and O–H groups in total. The Morgan fingerprint density at radius 2 is 0.628 bits per heavy atom. The van der Waals surface area contributed by atoms with E-state index < -0.39 is 8.07 Å². The van der Waals surface area contributed by atoms with E-state index in [-0.39, 0.29) is 11.6 Å².